The molecule has 1 atom stereocenters. The molecule has 1 aliphatic rings. The molecular formula is C17H16F3N5S2. The standard InChI is InChI=1S/C17H16F3N5S2/c1-3-26-13-5-4-7-22-14(13)16-24(2)15-12(25(16)8-6-21)9-11(10-23-15)27-17(18,19)20/h4-5,7,9-10,16H,3,8H2,1-2H3. The second-order valence-electron chi connectivity index (χ2n) is 5.65. The number of pyridine rings is 2. The van der Waals surface area contributed by atoms with Crippen LogP contribution in [-0.4, -0.2) is 34.8 Å². The number of hydrogen-bond donors (Lipinski definition) is 0. The maximum Gasteiger partial charge on any atom is 0.446 e. The lowest BCUT2D eigenvalue weighted by Gasteiger charge is -2.29. The van der Waals surface area contributed by atoms with Gasteiger partial charge in [-0.3, -0.25) is 4.98 Å². The predicted molar refractivity (Wildman–Crippen MR) is 101 cm³/mol. The molecule has 1 aliphatic heterocycles. The van der Waals surface area contributed by atoms with E-state index in [9.17, 15) is 18.4 Å². The second kappa shape index (κ2) is 7.86. The van der Waals surface area contributed by atoms with Crippen LogP contribution >= 0.6 is 23.5 Å². The summed E-state index contributed by atoms with van der Waals surface area (Å²) >= 11 is 1.41. The average Bonchev–Trinajstić information content (AvgIpc) is 2.87. The summed E-state index contributed by atoms with van der Waals surface area (Å²) in [6, 6.07) is 7.33. The van der Waals surface area contributed by atoms with Crippen molar-refractivity contribution in [3.8, 4) is 6.07 Å². The Labute approximate surface area is 163 Å². The first-order valence-electron chi connectivity index (χ1n) is 8.05. The third kappa shape index (κ3) is 4.09. The van der Waals surface area contributed by atoms with E-state index < -0.39 is 11.7 Å². The summed E-state index contributed by atoms with van der Waals surface area (Å²) in [5.74, 6) is 1.38. The van der Waals surface area contributed by atoms with Gasteiger partial charge < -0.3 is 9.80 Å². The van der Waals surface area contributed by atoms with Crippen molar-refractivity contribution < 1.29 is 13.2 Å². The van der Waals surface area contributed by atoms with E-state index in [-0.39, 0.29) is 23.2 Å². The summed E-state index contributed by atoms with van der Waals surface area (Å²) in [4.78, 5) is 13.3. The van der Waals surface area contributed by atoms with Crippen molar-refractivity contribution >= 4 is 35.0 Å². The van der Waals surface area contributed by atoms with Crippen molar-refractivity contribution in [2.24, 2.45) is 0 Å². The first kappa shape index (κ1) is 19.6. The molecule has 2 aromatic heterocycles. The lowest BCUT2D eigenvalue weighted by molar-refractivity contribution is -0.0328. The van der Waals surface area contributed by atoms with Gasteiger partial charge in [-0.05, 0) is 35.7 Å². The number of fused-ring (bicyclic) bond motifs is 1. The fraction of sp³-hybridized carbons (Fsp3) is 0.353. The van der Waals surface area contributed by atoms with Crippen LogP contribution in [0.5, 0.6) is 0 Å². The maximum atomic E-state index is 12.7. The molecule has 0 saturated heterocycles. The number of halogens is 3. The van der Waals surface area contributed by atoms with Gasteiger partial charge in [0.05, 0.1) is 17.5 Å². The van der Waals surface area contributed by atoms with Crippen LogP contribution in [0.15, 0.2) is 40.4 Å². The summed E-state index contributed by atoms with van der Waals surface area (Å²) in [7, 11) is 1.81. The van der Waals surface area contributed by atoms with Crippen LogP contribution in [0.3, 0.4) is 0 Å². The molecule has 3 rings (SSSR count). The fourth-order valence-electron chi connectivity index (χ4n) is 3.01. The van der Waals surface area contributed by atoms with E-state index in [1.165, 1.54) is 12.3 Å². The van der Waals surface area contributed by atoms with Gasteiger partial charge in [-0.2, -0.15) is 18.4 Å². The van der Waals surface area contributed by atoms with Crippen molar-refractivity contribution in [1.29, 1.82) is 5.26 Å². The van der Waals surface area contributed by atoms with Gasteiger partial charge in [-0.15, -0.1) is 11.8 Å². The Bertz CT molecular complexity index is 868. The highest BCUT2D eigenvalue weighted by Crippen LogP contribution is 2.47. The van der Waals surface area contributed by atoms with Crippen molar-refractivity contribution in [2.75, 3.05) is 29.1 Å². The normalized spacial score (nSPS) is 16.4. The molecule has 3 heterocycles. The Hall–Kier alpha value is -2.12. The molecule has 2 aromatic rings. The van der Waals surface area contributed by atoms with E-state index in [1.807, 2.05) is 24.0 Å². The van der Waals surface area contributed by atoms with Gasteiger partial charge in [0.1, 0.15) is 12.7 Å². The minimum atomic E-state index is -4.40. The Morgan fingerprint density at radius 3 is 2.78 bits per heavy atom. The van der Waals surface area contributed by atoms with Gasteiger partial charge in [0.25, 0.3) is 0 Å². The van der Waals surface area contributed by atoms with E-state index >= 15 is 0 Å². The van der Waals surface area contributed by atoms with Crippen LogP contribution < -0.4 is 9.80 Å². The van der Waals surface area contributed by atoms with Gasteiger partial charge in [0.15, 0.2) is 5.82 Å². The lowest BCUT2D eigenvalue weighted by atomic mass is 10.2. The minimum absolute atomic E-state index is 0.0105. The first-order chi connectivity index (χ1) is 12.9. The molecule has 27 heavy (non-hydrogen) atoms. The highest BCUT2D eigenvalue weighted by atomic mass is 32.2. The number of aromatic nitrogens is 2. The topological polar surface area (TPSA) is 56.1 Å². The molecule has 0 aromatic carbocycles. The molecule has 10 heteroatoms. The number of rotatable bonds is 5. The third-order valence-electron chi connectivity index (χ3n) is 3.95. The fourth-order valence-corrected chi connectivity index (χ4v) is 4.34. The van der Waals surface area contributed by atoms with E-state index in [0.717, 1.165) is 16.3 Å². The van der Waals surface area contributed by atoms with Gasteiger partial charge in [-0.1, -0.05) is 6.92 Å². The SMILES string of the molecule is CCSc1cccnc1C1N(C)c2ncc(SC(F)(F)F)cc2N1CC#N. The van der Waals surface area contributed by atoms with Crippen LogP contribution in [0.1, 0.15) is 18.8 Å². The molecule has 1 unspecified atom stereocenters. The monoisotopic (exact) mass is 411 g/mol. The Morgan fingerprint density at radius 2 is 2.11 bits per heavy atom. The van der Waals surface area contributed by atoms with Crippen LogP contribution in [0.2, 0.25) is 0 Å². The third-order valence-corrected chi connectivity index (χ3v) is 5.58. The smallest absolute Gasteiger partial charge is 0.332 e. The second-order valence-corrected chi connectivity index (χ2v) is 8.10. The molecular weight excluding hydrogens is 395 g/mol. The largest absolute Gasteiger partial charge is 0.446 e. The highest BCUT2D eigenvalue weighted by molar-refractivity contribution is 8.00. The Morgan fingerprint density at radius 1 is 1.33 bits per heavy atom. The summed E-state index contributed by atoms with van der Waals surface area (Å²) in [5.41, 5.74) is -3.15. The van der Waals surface area contributed by atoms with Crippen molar-refractivity contribution in [3.63, 3.8) is 0 Å². The van der Waals surface area contributed by atoms with Gasteiger partial charge >= 0.3 is 5.51 Å². The van der Waals surface area contributed by atoms with Crippen LogP contribution in [0.4, 0.5) is 24.7 Å². The molecule has 0 radical (unpaired) electrons. The molecule has 0 fully saturated rings. The van der Waals surface area contributed by atoms with E-state index in [2.05, 4.69) is 16.0 Å². The van der Waals surface area contributed by atoms with Crippen LogP contribution in [0, 0.1) is 11.3 Å². The zero-order valence-corrected chi connectivity index (χ0v) is 16.2. The van der Waals surface area contributed by atoms with Crippen LogP contribution in [-0.2, 0) is 0 Å². The average molecular weight is 411 g/mol. The number of nitrogens with zero attached hydrogens (tertiary/aromatic N) is 5. The predicted octanol–water partition coefficient (Wildman–Crippen LogP) is 4.68. The van der Waals surface area contributed by atoms with Gasteiger partial charge in [-0.25, -0.2) is 4.98 Å². The van der Waals surface area contributed by atoms with E-state index in [1.54, 1.807) is 29.9 Å². The Kier molecular flexibility index (Phi) is 5.72. The zero-order valence-electron chi connectivity index (χ0n) is 14.6. The number of nitriles is 1. The van der Waals surface area contributed by atoms with E-state index in [0.29, 0.717) is 11.5 Å². The quantitative estimate of drug-likeness (QED) is 0.523. The Balaban J connectivity index is 2.05. The number of anilines is 2. The van der Waals surface area contributed by atoms with Crippen molar-refractivity contribution in [1.82, 2.24) is 9.97 Å². The number of thioether (sulfide) groups is 2. The van der Waals surface area contributed by atoms with Gasteiger partial charge in [0.2, 0.25) is 0 Å². The molecule has 5 nitrogen and oxygen atoms in total. The molecule has 0 aliphatic carbocycles. The summed E-state index contributed by atoms with van der Waals surface area (Å²) in [5, 5.41) is 9.29. The molecule has 0 spiro atoms. The zero-order chi connectivity index (χ0) is 19.6. The molecule has 0 bridgehead atoms. The maximum absolute atomic E-state index is 12.7. The minimum Gasteiger partial charge on any atom is -0.332 e. The van der Waals surface area contributed by atoms with Gasteiger partial charge in [0, 0.05) is 29.2 Å². The molecule has 0 N–H and O–H groups in total. The van der Waals surface area contributed by atoms with Crippen molar-refractivity contribution in [2.45, 2.75) is 28.4 Å². The molecule has 0 amide bonds. The first-order valence-corrected chi connectivity index (χ1v) is 9.86. The van der Waals surface area contributed by atoms with Crippen LogP contribution in [0.25, 0.3) is 0 Å². The number of hydrogen-bond acceptors (Lipinski definition) is 7. The van der Waals surface area contributed by atoms with E-state index in [4.69, 9.17) is 0 Å². The molecule has 142 valence electrons. The number of alkyl halides is 3. The highest BCUT2D eigenvalue weighted by Gasteiger charge is 2.39. The summed E-state index contributed by atoms with van der Waals surface area (Å²) < 4.78 is 38.2. The lowest BCUT2D eigenvalue weighted by Crippen LogP contribution is -2.34. The van der Waals surface area contributed by atoms with Crippen molar-refractivity contribution in [3.05, 3.63) is 36.3 Å². The molecule has 0 saturated carbocycles. The summed E-state index contributed by atoms with van der Waals surface area (Å²) in [6.45, 7) is 2.04. The summed E-state index contributed by atoms with van der Waals surface area (Å²) in [6.07, 6.45) is 2.48.